The highest BCUT2D eigenvalue weighted by Gasteiger charge is 2.31. The van der Waals surface area contributed by atoms with Gasteiger partial charge in [-0.25, -0.2) is 13.2 Å². The number of ether oxygens (including phenoxy) is 1. The van der Waals surface area contributed by atoms with Crippen molar-refractivity contribution in [1.82, 2.24) is 5.32 Å². The maximum Gasteiger partial charge on any atom is 0.407 e. The minimum atomic E-state index is -3.30. The number of alkyl carbamates (subject to hydrolysis) is 1. The molecule has 2 aromatic carbocycles. The number of halogens is 1. The summed E-state index contributed by atoms with van der Waals surface area (Å²) in [5.41, 5.74) is 1.48. The van der Waals surface area contributed by atoms with Gasteiger partial charge >= 0.3 is 6.09 Å². The topological polar surface area (TPSA) is 72.5 Å². The fourth-order valence-electron chi connectivity index (χ4n) is 2.67. The third-order valence-electron chi connectivity index (χ3n) is 3.86. The maximum absolute atomic E-state index is 12.2. The molecule has 24 heavy (non-hydrogen) atoms. The van der Waals surface area contributed by atoms with Crippen LogP contribution in [-0.2, 0) is 21.2 Å². The quantitative estimate of drug-likeness (QED) is 0.840. The van der Waals surface area contributed by atoms with Crippen LogP contribution in [0.25, 0.3) is 0 Å². The minimum absolute atomic E-state index is 0.00522. The number of amides is 1. The van der Waals surface area contributed by atoms with Crippen molar-refractivity contribution in [2.24, 2.45) is 0 Å². The number of sulfone groups is 1. The predicted molar refractivity (Wildman–Crippen MR) is 93.3 cm³/mol. The molecular formula is C17H16BrNO4S. The van der Waals surface area contributed by atoms with E-state index in [1.165, 1.54) is 0 Å². The zero-order valence-electron chi connectivity index (χ0n) is 12.7. The van der Waals surface area contributed by atoms with Gasteiger partial charge in [-0.3, -0.25) is 0 Å². The molecule has 1 heterocycles. The van der Waals surface area contributed by atoms with Gasteiger partial charge < -0.3 is 10.1 Å². The highest BCUT2D eigenvalue weighted by molar-refractivity contribution is 9.10. The molecule has 7 heteroatoms. The van der Waals surface area contributed by atoms with Crippen LogP contribution in [0, 0.1) is 0 Å². The molecule has 0 fully saturated rings. The molecule has 0 saturated carbocycles. The summed E-state index contributed by atoms with van der Waals surface area (Å²) in [5, 5.41) is 2.76. The Morgan fingerprint density at radius 2 is 1.96 bits per heavy atom. The van der Waals surface area contributed by atoms with E-state index in [1.54, 1.807) is 18.2 Å². The average Bonchev–Trinajstić information content (AvgIpc) is 2.56. The van der Waals surface area contributed by atoms with Gasteiger partial charge in [-0.2, -0.15) is 0 Å². The number of hydrogen-bond acceptors (Lipinski definition) is 4. The molecule has 2 aromatic rings. The first-order chi connectivity index (χ1) is 11.5. The van der Waals surface area contributed by atoms with E-state index in [2.05, 4.69) is 21.2 Å². The van der Waals surface area contributed by atoms with E-state index >= 15 is 0 Å². The summed E-state index contributed by atoms with van der Waals surface area (Å²) in [5.74, 6) is 0.00522. The van der Waals surface area contributed by atoms with Crippen molar-refractivity contribution >= 4 is 31.9 Å². The monoisotopic (exact) mass is 409 g/mol. The lowest BCUT2D eigenvalue weighted by Crippen LogP contribution is -2.34. The molecule has 0 aliphatic carbocycles. The van der Waals surface area contributed by atoms with Crippen molar-refractivity contribution in [1.29, 1.82) is 0 Å². The summed E-state index contributed by atoms with van der Waals surface area (Å²) in [6.07, 6.45) is -0.235. The molecule has 0 radical (unpaired) electrons. The third kappa shape index (κ3) is 3.79. The van der Waals surface area contributed by atoms with Crippen LogP contribution in [-0.4, -0.2) is 20.3 Å². The Kier molecular flexibility index (Phi) is 4.91. The Bertz CT molecular complexity index is 852. The molecular weight excluding hydrogens is 394 g/mol. The Morgan fingerprint density at radius 1 is 1.21 bits per heavy atom. The maximum atomic E-state index is 12.2. The van der Waals surface area contributed by atoms with E-state index in [0.717, 1.165) is 10.0 Å². The van der Waals surface area contributed by atoms with Crippen LogP contribution < -0.4 is 5.32 Å². The van der Waals surface area contributed by atoms with E-state index < -0.39 is 15.9 Å². The smallest absolute Gasteiger partial charge is 0.407 e. The molecule has 0 bridgehead atoms. The number of fused-ring (bicyclic) bond motifs is 1. The number of nitrogens with one attached hydrogen (secondary N) is 1. The number of carbonyl (C=O) groups excluding carboxylic acids is 1. The SMILES string of the molecule is O=C(NC1CCS(=O)(=O)c2ccc(Br)cc21)OCc1ccccc1. The van der Waals surface area contributed by atoms with E-state index in [-0.39, 0.29) is 23.3 Å². The van der Waals surface area contributed by atoms with Crippen LogP contribution in [0.5, 0.6) is 0 Å². The molecule has 0 aromatic heterocycles. The average molecular weight is 410 g/mol. The molecule has 126 valence electrons. The first-order valence-electron chi connectivity index (χ1n) is 7.45. The molecule has 0 spiro atoms. The summed E-state index contributed by atoms with van der Waals surface area (Å²) in [7, 11) is -3.30. The standard InChI is InChI=1S/C17H16BrNO4S/c18-13-6-7-16-14(10-13)15(8-9-24(16,21)22)19-17(20)23-11-12-4-2-1-3-5-12/h1-7,10,15H,8-9,11H2,(H,19,20). The third-order valence-corrected chi connectivity index (χ3v) is 6.17. The van der Waals surface area contributed by atoms with E-state index in [9.17, 15) is 13.2 Å². The van der Waals surface area contributed by atoms with Crippen LogP contribution in [0.15, 0.2) is 57.9 Å². The lowest BCUT2D eigenvalue weighted by molar-refractivity contribution is 0.135. The molecule has 1 aliphatic rings. The van der Waals surface area contributed by atoms with Crippen molar-refractivity contribution in [3.63, 3.8) is 0 Å². The largest absolute Gasteiger partial charge is 0.445 e. The fraction of sp³-hybridized carbons (Fsp3) is 0.235. The van der Waals surface area contributed by atoms with Crippen molar-refractivity contribution in [3.05, 3.63) is 64.1 Å². The Labute approximate surface area is 149 Å². The lowest BCUT2D eigenvalue weighted by Gasteiger charge is -2.26. The first-order valence-corrected chi connectivity index (χ1v) is 9.90. The van der Waals surface area contributed by atoms with Gasteiger partial charge in [-0.05, 0) is 35.7 Å². The number of benzene rings is 2. The highest BCUT2D eigenvalue weighted by Crippen LogP contribution is 2.34. The van der Waals surface area contributed by atoms with E-state index in [4.69, 9.17) is 4.74 Å². The van der Waals surface area contributed by atoms with Gasteiger partial charge in [-0.1, -0.05) is 46.3 Å². The summed E-state index contributed by atoms with van der Waals surface area (Å²) < 4.78 is 30.3. The molecule has 5 nitrogen and oxygen atoms in total. The Balaban J connectivity index is 1.72. The molecule has 1 unspecified atom stereocenters. The number of hydrogen-bond donors (Lipinski definition) is 1. The van der Waals surface area contributed by atoms with Gasteiger partial charge in [0.15, 0.2) is 9.84 Å². The van der Waals surface area contributed by atoms with Crippen molar-refractivity contribution in [2.75, 3.05) is 5.75 Å². The minimum Gasteiger partial charge on any atom is -0.445 e. The number of carbonyl (C=O) groups is 1. The van der Waals surface area contributed by atoms with Crippen LogP contribution >= 0.6 is 15.9 Å². The van der Waals surface area contributed by atoms with Gasteiger partial charge in [0.1, 0.15) is 6.61 Å². The Morgan fingerprint density at radius 3 is 2.71 bits per heavy atom. The highest BCUT2D eigenvalue weighted by atomic mass is 79.9. The van der Waals surface area contributed by atoms with E-state index in [0.29, 0.717) is 12.0 Å². The second-order valence-electron chi connectivity index (χ2n) is 5.55. The van der Waals surface area contributed by atoms with Crippen LogP contribution in [0.4, 0.5) is 4.79 Å². The summed E-state index contributed by atoms with van der Waals surface area (Å²) in [4.78, 5) is 12.3. The van der Waals surface area contributed by atoms with E-state index in [1.807, 2.05) is 30.3 Å². The summed E-state index contributed by atoms with van der Waals surface area (Å²) in [6, 6.07) is 14.0. The zero-order chi connectivity index (χ0) is 17.2. The molecule has 1 N–H and O–H groups in total. The van der Waals surface area contributed by atoms with Crippen LogP contribution in [0.2, 0.25) is 0 Å². The molecule has 1 amide bonds. The van der Waals surface area contributed by atoms with Gasteiger partial charge in [0.2, 0.25) is 0 Å². The molecule has 3 rings (SSSR count). The van der Waals surface area contributed by atoms with Crippen LogP contribution in [0.1, 0.15) is 23.6 Å². The predicted octanol–water partition coefficient (Wildman–Crippen LogP) is 3.59. The normalized spacial score (nSPS) is 18.5. The van der Waals surface area contributed by atoms with Gasteiger partial charge in [0.25, 0.3) is 0 Å². The van der Waals surface area contributed by atoms with Crippen molar-refractivity contribution in [2.45, 2.75) is 24.0 Å². The summed E-state index contributed by atoms with van der Waals surface area (Å²) >= 11 is 3.34. The fourth-order valence-corrected chi connectivity index (χ4v) is 4.65. The summed E-state index contributed by atoms with van der Waals surface area (Å²) in [6.45, 7) is 0.170. The second kappa shape index (κ2) is 6.94. The first kappa shape index (κ1) is 17.0. The Hall–Kier alpha value is -1.86. The molecule has 1 aliphatic heterocycles. The lowest BCUT2D eigenvalue weighted by atomic mass is 10.0. The zero-order valence-corrected chi connectivity index (χ0v) is 15.1. The van der Waals surface area contributed by atoms with Gasteiger partial charge in [0.05, 0.1) is 16.7 Å². The van der Waals surface area contributed by atoms with Gasteiger partial charge in [0, 0.05) is 4.47 Å². The molecule has 1 atom stereocenters. The van der Waals surface area contributed by atoms with Crippen molar-refractivity contribution in [3.8, 4) is 0 Å². The van der Waals surface area contributed by atoms with Gasteiger partial charge in [-0.15, -0.1) is 0 Å². The number of rotatable bonds is 3. The molecule has 0 saturated heterocycles. The van der Waals surface area contributed by atoms with Crippen LogP contribution in [0.3, 0.4) is 0 Å². The van der Waals surface area contributed by atoms with Crippen molar-refractivity contribution < 1.29 is 17.9 Å². The second-order valence-corrected chi connectivity index (χ2v) is 8.54.